The van der Waals surface area contributed by atoms with Crippen LogP contribution >= 0.6 is 0 Å². The van der Waals surface area contributed by atoms with E-state index in [0.29, 0.717) is 19.8 Å². The molecule has 14 heavy (non-hydrogen) atoms. The van der Waals surface area contributed by atoms with Crippen molar-refractivity contribution in [2.45, 2.75) is 13.8 Å². The third-order valence-electron chi connectivity index (χ3n) is 1.80. The third-order valence-corrected chi connectivity index (χ3v) is 2.55. The lowest BCUT2D eigenvalue weighted by Crippen LogP contribution is -2.39. The van der Waals surface area contributed by atoms with Gasteiger partial charge in [0, 0.05) is 21.1 Å². The normalized spacial score (nSPS) is 18.5. The Balaban J connectivity index is 0. The Morgan fingerprint density at radius 3 is 2.29 bits per heavy atom. The summed E-state index contributed by atoms with van der Waals surface area (Å²) in [5, 5.41) is 4.87. The largest absolute Gasteiger partial charge is 0.379 e. The maximum Gasteiger partial charge on any atom is 0.210 e. The Bertz CT molecular complexity index is 228. The van der Waals surface area contributed by atoms with Crippen molar-refractivity contribution in [2.75, 3.05) is 38.6 Å². The minimum absolute atomic E-state index is 0. The van der Waals surface area contributed by atoms with Gasteiger partial charge in [-0.25, -0.2) is 13.6 Å². The van der Waals surface area contributed by atoms with Crippen molar-refractivity contribution < 1.29 is 14.6 Å². The summed E-state index contributed by atoms with van der Waals surface area (Å²) in [6, 6.07) is 0. The molecule has 0 bridgehead atoms. The van der Waals surface area contributed by atoms with Crippen LogP contribution in [0.4, 0.5) is 0 Å². The lowest BCUT2D eigenvalue weighted by atomic mass is 10.4. The lowest BCUT2D eigenvalue weighted by Gasteiger charge is -2.25. The second-order valence-corrected chi connectivity index (χ2v) is 4.55. The fourth-order valence-electron chi connectivity index (χ4n) is 1.08. The molecule has 0 aromatic rings. The summed E-state index contributed by atoms with van der Waals surface area (Å²) >= 11 is 0. The van der Waals surface area contributed by atoms with Crippen molar-refractivity contribution >= 4 is 10.0 Å². The van der Waals surface area contributed by atoms with Crippen molar-refractivity contribution in [1.29, 1.82) is 0 Å². The molecule has 0 radical (unpaired) electrons. The fourth-order valence-corrected chi connectivity index (χ4v) is 1.59. The van der Waals surface area contributed by atoms with Gasteiger partial charge in [-0.3, -0.25) is 4.90 Å². The van der Waals surface area contributed by atoms with Gasteiger partial charge in [-0.15, -0.1) is 0 Å². The zero-order valence-corrected chi connectivity index (χ0v) is 9.72. The molecule has 1 heterocycles. The van der Waals surface area contributed by atoms with Gasteiger partial charge in [0.2, 0.25) is 10.0 Å². The van der Waals surface area contributed by atoms with E-state index in [2.05, 4.69) is 0 Å². The summed E-state index contributed by atoms with van der Waals surface area (Å²) in [5.41, 5.74) is 0. The molecule has 6 heteroatoms. The van der Waals surface area contributed by atoms with Gasteiger partial charge in [-0.1, -0.05) is 13.8 Å². The first-order valence-corrected chi connectivity index (χ1v) is 6.60. The number of primary sulfonamides is 1. The highest BCUT2D eigenvalue weighted by Crippen LogP contribution is 1.96. The summed E-state index contributed by atoms with van der Waals surface area (Å²) in [6.07, 6.45) is 0. The molecule has 1 aliphatic rings. The van der Waals surface area contributed by atoms with Gasteiger partial charge in [0.1, 0.15) is 0 Å². The number of nitrogens with two attached hydrogens (primary N) is 1. The van der Waals surface area contributed by atoms with Gasteiger partial charge in [0.25, 0.3) is 0 Å². The van der Waals surface area contributed by atoms with Gasteiger partial charge in [0.15, 0.2) is 0 Å². The number of ether oxygens (including phenoxy) is 1. The van der Waals surface area contributed by atoms with E-state index in [-0.39, 0.29) is 7.18 Å². The van der Waals surface area contributed by atoms with Crippen LogP contribution in [-0.2, 0) is 14.8 Å². The molecule has 0 amide bonds. The Morgan fingerprint density at radius 1 is 1.36 bits per heavy atom. The van der Waals surface area contributed by atoms with E-state index in [1.165, 1.54) is 0 Å². The molecule has 0 atom stereocenters. The molecular formula is C8H22N2O3S. The summed E-state index contributed by atoms with van der Waals surface area (Å²) in [6.45, 7) is 7.49. The molecule has 0 aromatic heterocycles. The van der Waals surface area contributed by atoms with Crippen LogP contribution in [0.25, 0.3) is 0 Å². The monoisotopic (exact) mass is 226 g/mol. The van der Waals surface area contributed by atoms with Crippen LogP contribution in [0.2, 0.25) is 0 Å². The van der Waals surface area contributed by atoms with E-state index in [4.69, 9.17) is 9.88 Å². The molecule has 0 unspecified atom stereocenters. The van der Waals surface area contributed by atoms with Gasteiger partial charge in [-0.05, 0) is 0 Å². The van der Waals surface area contributed by atoms with E-state index < -0.39 is 10.0 Å². The quantitative estimate of drug-likeness (QED) is 0.728. The number of morpholine rings is 1. The van der Waals surface area contributed by atoms with Crippen LogP contribution < -0.4 is 5.14 Å². The fraction of sp³-hybridized carbons (Fsp3) is 1.00. The molecule has 0 spiro atoms. The van der Waals surface area contributed by atoms with E-state index in [1.807, 2.05) is 18.7 Å². The van der Waals surface area contributed by atoms with Crippen molar-refractivity contribution in [1.82, 2.24) is 4.90 Å². The van der Waals surface area contributed by atoms with Gasteiger partial charge >= 0.3 is 0 Å². The van der Waals surface area contributed by atoms with Crippen molar-refractivity contribution in [3.63, 3.8) is 0 Å². The molecule has 0 saturated carbocycles. The Hall–Kier alpha value is -0.170. The lowest BCUT2D eigenvalue weighted by molar-refractivity contribution is 0.0408. The molecular weight excluding hydrogens is 204 g/mol. The van der Waals surface area contributed by atoms with Crippen LogP contribution in [0.15, 0.2) is 0 Å². The first-order valence-electron chi connectivity index (χ1n) is 4.88. The summed E-state index contributed by atoms with van der Waals surface area (Å²) in [7, 11) is -3.31. The van der Waals surface area contributed by atoms with E-state index in [0.717, 1.165) is 13.1 Å². The number of hydrogen-bond donors (Lipinski definition) is 1. The van der Waals surface area contributed by atoms with Crippen LogP contribution in [0, 0.1) is 0 Å². The van der Waals surface area contributed by atoms with Crippen molar-refractivity contribution in [2.24, 2.45) is 5.14 Å². The molecule has 0 aromatic carbocycles. The van der Waals surface area contributed by atoms with Gasteiger partial charge in [0.05, 0.1) is 19.0 Å². The second kappa shape index (κ2) is 7.17. The predicted octanol–water partition coefficient (Wildman–Crippen LogP) is -0.121. The molecule has 0 aliphatic carbocycles. The highest BCUT2D eigenvalue weighted by Gasteiger charge is 2.12. The number of hydrogen-bond acceptors (Lipinski definition) is 4. The molecule has 5 nitrogen and oxygen atoms in total. The molecule has 1 aliphatic heterocycles. The van der Waals surface area contributed by atoms with Gasteiger partial charge < -0.3 is 4.74 Å². The minimum atomic E-state index is -3.31. The van der Waals surface area contributed by atoms with Gasteiger partial charge in [-0.2, -0.15) is 0 Å². The zero-order valence-electron chi connectivity index (χ0n) is 8.90. The topological polar surface area (TPSA) is 72.6 Å². The Kier molecular flexibility index (Phi) is 7.08. The number of rotatable bonds is 3. The van der Waals surface area contributed by atoms with E-state index in [9.17, 15) is 8.42 Å². The molecule has 88 valence electrons. The van der Waals surface area contributed by atoms with Crippen molar-refractivity contribution in [3.05, 3.63) is 0 Å². The number of nitrogens with zero attached hydrogens (tertiary/aromatic N) is 1. The zero-order chi connectivity index (χ0) is 11.0. The molecule has 2 N–H and O–H groups in total. The number of sulfonamides is 1. The average molecular weight is 226 g/mol. The Labute approximate surface area is 87.8 Å². The standard InChI is InChI=1S/C6H14N2O3S.C2H6.H2/c7-12(9,10)6-3-8-1-4-11-5-2-8;1-2;/h1-6H2,(H2,7,9,10);1-2H3;1H. The van der Waals surface area contributed by atoms with Crippen molar-refractivity contribution in [3.8, 4) is 0 Å². The van der Waals surface area contributed by atoms with Crippen LogP contribution in [0.3, 0.4) is 0 Å². The SMILES string of the molecule is CC.NS(=O)(=O)CCN1CCOCC1.[HH]. The van der Waals surface area contributed by atoms with E-state index >= 15 is 0 Å². The molecule has 1 fully saturated rings. The van der Waals surface area contributed by atoms with Crippen LogP contribution in [-0.4, -0.2) is 51.9 Å². The minimum Gasteiger partial charge on any atom is -0.379 e. The maximum absolute atomic E-state index is 10.6. The van der Waals surface area contributed by atoms with E-state index in [1.54, 1.807) is 0 Å². The predicted molar refractivity (Wildman–Crippen MR) is 58.7 cm³/mol. The smallest absolute Gasteiger partial charge is 0.210 e. The average Bonchev–Trinajstić information content (AvgIpc) is 2.19. The Morgan fingerprint density at radius 2 is 1.86 bits per heavy atom. The molecule has 1 rings (SSSR count). The maximum atomic E-state index is 10.6. The highest BCUT2D eigenvalue weighted by atomic mass is 32.2. The third kappa shape index (κ3) is 7.25. The summed E-state index contributed by atoms with van der Waals surface area (Å²) in [4.78, 5) is 2.04. The van der Waals surface area contributed by atoms with Crippen LogP contribution in [0.1, 0.15) is 15.3 Å². The first-order chi connectivity index (χ1) is 6.58. The molecule has 1 saturated heterocycles. The second-order valence-electron chi connectivity index (χ2n) is 2.82. The summed E-state index contributed by atoms with van der Waals surface area (Å²) < 4.78 is 26.3. The van der Waals surface area contributed by atoms with Crippen LogP contribution in [0.5, 0.6) is 0 Å². The summed E-state index contributed by atoms with van der Waals surface area (Å²) in [5.74, 6) is 0.0347. The highest BCUT2D eigenvalue weighted by molar-refractivity contribution is 7.89. The first kappa shape index (κ1) is 13.8.